The van der Waals surface area contributed by atoms with Crippen LogP contribution in [0.25, 0.3) is 6.20 Å². The van der Waals surface area contributed by atoms with Crippen molar-refractivity contribution in [2.75, 3.05) is 0 Å². The molecule has 2 aromatic carbocycles. The number of allylic oxidation sites excluding steroid dienone is 2. The van der Waals surface area contributed by atoms with Gasteiger partial charge in [-0.3, -0.25) is 9.79 Å². The molecule has 1 saturated carbocycles. The summed E-state index contributed by atoms with van der Waals surface area (Å²) in [6.45, 7) is 0. The number of para-hydroxylation sites is 2. The number of halogens is 1. The number of ketones is 1. The fraction of sp³-hybridized carbons (Fsp3) is 0.107. The SMILES string of the molecule is N#Cc1ccc2cc1/C=N\C=C/n1cncc1/C(Cl)=N\C1=C3CCC(=C1Oc1ccccc1O2)CC3=O. The van der Waals surface area contributed by atoms with Gasteiger partial charge in [-0.15, -0.1) is 0 Å². The third kappa shape index (κ3) is 4.26. The lowest BCUT2D eigenvalue weighted by molar-refractivity contribution is -0.115. The zero-order valence-electron chi connectivity index (χ0n) is 19.4. The Bertz CT molecular complexity index is 1650. The topological polar surface area (TPSA) is 102 Å². The van der Waals surface area contributed by atoms with Crippen LogP contribution in [-0.2, 0) is 4.79 Å². The maximum atomic E-state index is 12.8. The van der Waals surface area contributed by atoms with Gasteiger partial charge in [-0.1, -0.05) is 23.7 Å². The molecule has 2 heterocycles. The van der Waals surface area contributed by atoms with Crippen LogP contribution in [0.3, 0.4) is 0 Å². The molecule has 0 amide bonds. The van der Waals surface area contributed by atoms with Crippen molar-refractivity contribution in [2.24, 2.45) is 9.98 Å². The van der Waals surface area contributed by atoms with Crippen LogP contribution in [0.1, 0.15) is 36.1 Å². The van der Waals surface area contributed by atoms with Crippen molar-refractivity contribution >= 4 is 35.0 Å². The number of ether oxygens (including phenoxy) is 2. The second-order valence-electron chi connectivity index (χ2n) is 8.54. The fourth-order valence-electron chi connectivity index (χ4n) is 4.43. The van der Waals surface area contributed by atoms with Gasteiger partial charge in [0.1, 0.15) is 17.1 Å². The highest BCUT2D eigenvalue weighted by Crippen LogP contribution is 2.43. The van der Waals surface area contributed by atoms with Crippen LogP contribution >= 0.6 is 11.6 Å². The fourth-order valence-corrected chi connectivity index (χ4v) is 4.66. The van der Waals surface area contributed by atoms with Crippen LogP contribution in [0.2, 0.25) is 0 Å². The summed E-state index contributed by atoms with van der Waals surface area (Å²) in [6, 6.07) is 14.6. The number of hydrogen-bond donors (Lipinski definition) is 0. The molecule has 3 aromatic rings. The Morgan fingerprint density at radius 3 is 2.73 bits per heavy atom. The molecule has 1 fully saturated rings. The number of aromatic nitrogens is 2. The van der Waals surface area contributed by atoms with E-state index in [0.717, 1.165) is 5.57 Å². The Kier molecular flexibility index (Phi) is 5.75. The zero-order valence-corrected chi connectivity index (χ0v) is 20.1. The number of imidazole rings is 1. The van der Waals surface area contributed by atoms with E-state index in [1.807, 2.05) is 12.1 Å². The van der Waals surface area contributed by atoms with E-state index >= 15 is 0 Å². The van der Waals surface area contributed by atoms with Crippen LogP contribution in [0, 0.1) is 11.3 Å². The summed E-state index contributed by atoms with van der Waals surface area (Å²) in [5, 5.41) is 9.70. The van der Waals surface area contributed by atoms with E-state index in [1.165, 1.54) is 0 Å². The summed E-state index contributed by atoms with van der Waals surface area (Å²) in [4.78, 5) is 25.9. The summed E-state index contributed by atoms with van der Waals surface area (Å²) in [5.41, 5.74) is 3.47. The van der Waals surface area contributed by atoms with E-state index in [0.29, 0.717) is 70.4 Å². The number of carbonyl (C=O) groups is 1. The van der Waals surface area contributed by atoms with Gasteiger partial charge in [0, 0.05) is 36.2 Å². The number of fused-ring (bicyclic) bond motifs is 6. The summed E-state index contributed by atoms with van der Waals surface area (Å²) < 4.78 is 14.2. The molecule has 3 aliphatic carbocycles. The molecule has 8 nitrogen and oxygen atoms in total. The first kappa shape index (κ1) is 22.7. The number of hydrogen-bond acceptors (Lipinski definition) is 7. The average Bonchev–Trinajstić information content (AvgIpc) is 3.38. The Hall–Kier alpha value is -4.74. The van der Waals surface area contributed by atoms with Crippen molar-refractivity contribution in [2.45, 2.75) is 19.3 Å². The number of nitriles is 1. The molecule has 4 bridgehead atoms. The van der Waals surface area contributed by atoms with Crippen LogP contribution in [0.4, 0.5) is 0 Å². The molecule has 0 unspecified atom stereocenters. The highest BCUT2D eigenvalue weighted by Gasteiger charge is 2.34. The molecule has 1 aliphatic heterocycles. The van der Waals surface area contributed by atoms with Gasteiger partial charge in [0.25, 0.3) is 0 Å². The zero-order chi connectivity index (χ0) is 25.4. The van der Waals surface area contributed by atoms with Gasteiger partial charge in [-0.2, -0.15) is 5.26 Å². The van der Waals surface area contributed by atoms with Gasteiger partial charge in [0.2, 0.25) is 0 Å². The molecule has 37 heavy (non-hydrogen) atoms. The number of carbonyl (C=O) groups excluding carboxylic acids is 1. The van der Waals surface area contributed by atoms with Crippen molar-refractivity contribution in [3.8, 4) is 23.3 Å². The summed E-state index contributed by atoms with van der Waals surface area (Å²) in [7, 11) is 0. The van der Waals surface area contributed by atoms with Gasteiger partial charge in [-0.25, -0.2) is 9.98 Å². The van der Waals surface area contributed by atoms with E-state index in [4.69, 9.17) is 21.1 Å². The molecule has 180 valence electrons. The first-order chi connectivity index (χ1) is 18.1. The number of benzene rings is 2. The molecule has 4 aliphatic rings. The van der Waals surface area contributed by atoms with Gasteiger partial charge in [0.15, 0.2) is 28.2 Å². The lowest BCUT2D eigenvalue weighted by atomic mass is 9.81. The van der Waals surface area contributed by atoms with Crippen molar-refractivity contribution < 1.29 is 14.3 Å². The molecule has 7 rings (SSSR count). The Labute approximate surface area is 217 Å². The Morgan fingerprint density at radius 2 is 1.92 bits per heavy atom. The molecular weight excluding hydrogens is 490 g/mol. The van der Waals surface area contributed by atoms with Crippen molar-refractivity contribution in [1.29, 1.82) is 5.26 Å². The predicted octanol–water partition coefficient (Wildman–Crippen LogP) is 5.75. The van der Waals surface area contributed by atoms with Gasteiger partial charge in [-0.05, 0) is 48.7 Å². The average molecular weight is 508 g/mol. The predicted molar refractivity (Wildman–Crippen MR) is 139 cm³/mol. The minimum atomic E-state index is 0.0279. The minimum Gasteiger partial charge on any atom is -0.453 e. The normalized spacial score (nSPS) is 19.8. The molecule has 1 aromatic heterocycles. The van der Waals surface area contributed by atoms with E-state index < -0.39 is 0 Å². The smallest absolute Gasteiger partial charge is 0.170 e. The minimum absolute atomic E-state index is 0.0279. The number of rotatable bonds is 0. The quantitative estimate of drug-likeness (QED) is 0.385. The van der Waals surface area contributed by atoms with Gasteiger partial charge < -0.3 is 14.0 Å². The summed E-state index contributed by atoms with van der Waals surface area (Å²) in [6.07, 6.45) is 9.55. The highest BCUT2D eigenvalue weighted by atomic mass is 35.5. The molecule has 0 spiro atoms. The van der Waals surface area contributed by atoms with Gasteiger partial charge >= 0.3 is 0 Å². The van der Waals surface area contributed by atoms with E-state index in [1.54, 1.807) is 66.0 Å². The molecule has 0 N–H and O–H groups in total. The summed E-state index contributed by atoms with van der Waals surface area (Å²) in [5.74, 6) is 1.99. The van der Waals surface area contributed by atoms with Crippen LogP contribution in [0.5, 0.6) is 17.2 Å². The number of Topliss-reactive ketones (excluding diaryl/α,β-unsaturated/α-hetero) is 1. The monoisotopic (exact) mass is 507 g/mol. The third-order valence-corrected chi connectivity index (χ3v) is 6.53. The standard InChI is InChI=1S/C28H18ClN5O3/c29-28-22-15-32-16-34(22)10-9-31-14-19-11-20(7-5-18(19)13-30)36-24-3-1-2-4-25(24)37-27-17-6-8-21(23(35)12-17)26(27)33-28/h1-5,7,9-11,14-16H,6,8,12H2/b10-9-,31-14-,33-28+. The first-order valence-electron chi connectivity index (χ1n) is 11.5. The maximum Gasteiger partial charge on any atom is 0.170 e. The maximum absolute atomic E-state index is 12.8. The van der Waals surface area contributed by atoms with E-state index in [-0.39, 0.29) is 11.0 Å². The van der Waals surface area contributed by atoms with Crippen LogP contribution in [0.15, 0.2) is 93.8 Å². The summed E-state index contributed by atoms with van der Waals surface area (Å²) >= 11 is 6.67. The molecule has 0 atom stereocenters. The Morgan fingerprint density at radius 1 is 1.08 bits per heavy atom. The highest BCUT2D eigenvalue weighted by molar-refractivity contribution is 6.69. The van der Waals surface area contributed by atoms with Crippen molar-refractivity contribution in [3.63, 3.8) is 0 Å². The molecule has 0 saturated heterocycles. The second-order valence-corrected chi connectivity index (χ2v) is 8.89. The Balaban J connectivity index is 1.54. The largest absolute Gasteiger partial charge is 0.453 e. The first-order valence-corrected chi connectivity index (χ1v) is 11.9. The lowest BCUT2D eigenvalue weighted by Gasteiger charge is -2.29. The number of aliphatic imine (C=N–C) groups is 2. The van der Waals surface area contributed by atoms with Gasteiger partial charge in [0.05, 0.1) is 24.2 Å². The van der Waals surface area contributed by atoms with Crippen molar-refractivity contribution in [1.82, 2.24) is 9.55 Å². The molecule has 0 radical (unpaired) electrons. The molecular formula is C28H18ClN5O3. The van der Waals surface area contributed by atoms with Crippen LogP contribution in [-0.4, -0.2) is 26.7 Å². The van der Waals surface area contributed by atoms with Crippen molar-refractivity contribution in [3.05, 3.63) is 101 Å². The third-order valence-electron chi connectivity index (χ3n) is 6.26. The van der Waals surface area contributed by atoms with E-state index in [2.05, 4.69) is 21.0 Å². The number of nitrogens with zero attached hydrogens (tertiary/aromatic N) is 5. The lowest BCUT2D eigenvalue weighted by Crippen LogP contribution is -2.23. The van der Waals surface area contributed by atoms with E-state index in [9.17, 15) is 10.1 Å². The van der Waals surface area contributed by atoms with Crippen LogP contribution < -0.4 is 9.47 Å². The second kappa shape index (κ2) is 9.37. The molecule has 9 heteroatoms.